The van der Waals surface area contributed by atoms with Gasteiger partial charge in [-0.05, 0) is 25.5 Å². The zero-order chi connectivity index (χ0) is 14.3. The summed E-state index contributed by atoms with van der Waals surface area (Å²) in [6, 6.07) is 3.98. The Morgan fingerprint density at radius 3 is 2.90 bits per heavy atom. The third-order valence-electron chi connectivity index (χ3n) is 3.18. The SMILES string of the molecule is CCc1nn(C)cc1Nc1cc2nc(C)sc2cc1N. The number of nitrogens with one attached hydrogen (secondary N) is 1. The van der Waals surface area contributed by atoms with Crippen LogP contribution in [0.5, 0.6) is 0 Å². The number of nitrogen functional groups attached to an aromatic ring is 1. The van der Waals surface area contributed by atoms with Gasteiger partial charge in [-0.15, -0.1) is 11.3 Å². The molecule has 3 aromatic rings. The monoisotopic (exact) mass is 287 g/mol. The minimum absolute atomic E-state index is 0.729. The van der Waals surface area contributed by atoms with Crippen LogP contribution in [0.25, 0.3) is 10.2 Å². The van der Waals surface area contributed by atoms with Gasteiger partial charge in [0.2, 0.25) is 0 Å². The zero-order valence-corrected chi connectivity index (χ0v) is 12.6. The Kier molecular flexibility index (Phi) is 3.10. The second-order valence-electron chi connectivity index (χ2n) is 4.78. The second-order valence-corrected chi connectivity index (χ2v) is 6.02. The van der Waals surface area contributed by atoms with Crippen LogP contribution in [0, 0.1) is 6.92 Å². The molecule has 0 saturated heterocycles. The molecule has 20 heavy (non-hydrogen) atoms. The van der Waals surface area contributed by atoms with Gasteiger partial charge in [-0.25, -0.2) is 4.98 Å². The number of aromatic nitrogens is 3. The number of nitrogens with two attached hydrogens (primary N) is 1. The van der Waals surface area contributed by atoms with E-state index in [-0.39, 0.29) is 0 Å². The molecule has 0 bridgehead atoms. The topological polar surface area (TPSA) is 68.8 Å². The first-order chi connectivity index (χ1) is 9.56. The van der Waals surface area contributed by atoms with Crippen LogP contribution in [-0.4, -0.2) is 14.8 Å². The van der Waals surface area contributed by atoms with Crippen molar-refractivity contribution in [1.82, 2.24) is 14.8 Å². The van der Waals surface area contributed by atoms with E-state index in [1.165, 1.54) is 0 Å². The molecule has 1 aromatic carbocycles. The fourth-order valence-electron chi connectivity index (χ4n) is 2.26. The average molecular weight is 287 g/mol. The highest BCUT2D eigenvalue weighted by atomic mass is 32.1. The van der Waals surface area contributed by atoms with Gasteiger partial charge < -0.3 is 11.1 Å². The first kappa shape index (κ1) is 12.9. The van der Waals surface area contributed by atoms with Gasteiger partial charge in [0, 0.05) is 13.2 Å². The number of anilines is 3. The Morgan fingerprint density at radius 1 is 1.35 bits per heavy atom. The van der Waals surface area contributed by atoms with E-state index in [1.807, 2.05) is 37.0 Å². The Labute approximate surface area is 121 Å². The lowest BCUT2D eigenvalue weighted by Crippen LogP contribution is -1.97. The summed E-state index contributed by atoms with van der Waals surface area (Å²) in [5, 5.41) is 8.84. The summed E-state index contributed by atoms with van der Waals surface area (Å²) in [6.45, 7) is 4.09. The molecule has 3 rings (SSSR count). The largest absolute Gasteiger partial charge is 0.397 e. The van der Waals surface area contributed by atoms with Crippen molar-refractivity contribution < 1.29 is 0 Å². The van der Waals surface area contributed by atoms with Crippen molar-refractivity contribution in [2.45, 2.75) is 20.3 Å². The minimum atomic E-state index is 0.729. The molecular weight excluding hydrogens is 270 g/mol. The molecule has 0 atom stereocenters. The van der Waals surface area contributed by atoms with Crippen LogP contribution in [0.4, 0.5) is 17.1 Å². The zero-order valence-electron chi connectivity index (χ0n) is 11.8. The molecule has 0 saturated carbocycles. The van der Waals surface area contributed by atoms with Crippen molar-refractivity contribution in [3.8, 4) is 0 Å². The van der Waals surface area contributed by atoms with E-state index < -0.39 is 0 Å². The van der Waals surface area contributed by atoms with Crippen molar-refractivity contribution in [3.05, 3.63) is 29.0 Å². The molecule has 3 N–H and O–H groups in total. The Bertz CT molecular complexity index is 771. The summed E-state index contributed by atoms with van der Waals surface area (Å²) < 4.78 is 2.93. The van der Waals surface area contributed by atoms with Gasteiger partial charge in [0.05, 0.1) is 38.0 Å². The van der Waals surface area contributed by atoms with Gasteiger partial charge in [0.15, 0.2) is 0 Å². The van der Waals surface area contributed by atoms with Gasteiger partial charge in [0.25, 0.3) is 0 Å². The van der Waals surface area contributed by atoms with Crippen LogP contribution in [0.1, 0.15) is 17.6 Å². The lowest BCUT2D eigenvalue weighted by molar-refractivity contribution is 0.746. The van der Waals surface area contributed by atoms with Crippen molar-refractivity contribution >= 4 is 38.6 Å². The molecule has 6 heteroatoms. The minimum Gasteiger partial charge on any atom is -0.397 e. The summed E-state index contributed by atoms with van der Waals surface area (Å²) in [5.41, 5.74) is 10.7. The van der Waals surface area contributed by atoms with E-state index in [0.717, 1.165) is 44.4 Å². The number of hydrogen-bond acceptors (Lipinski definition) is 5. The number of rotatable bonds is 3. The number of aryl methyl sites for hydroxylation is 3. The van der Waals surface area contributed by atoms with Crippen LogP contribution in [0.3, 0.4) is 0 Å². The maximum absolute atomic E-state index is 6.13. The van der Waals surface area contributed by atoms with Gasteiger partial charge >= 0.3 is 0 Å². The molecule has 0 aliphatic carbocycles. The molecule has 0 aliphatic heterocycles. The first-order valence-corrected chi connectivity index (χ1v) is 7.34. The quantitative estimate of drug-likeness (QED) is 0.726. The lowest BCUT2D eigenvalue weighted by atomic mass is 10.2. The highest BCUT2D eigenvalue weighted by Crippen LogP contribution is 2.32. The van der Waals surface area contributed by atoms with E-state index in [2.05, 4.69) is 22.3 Å². The second kappa shape index (κ2) is 4.79. The first-order valence-electron chi connectivity index (χ1n) is 6.53. The predicted molar refractivity (Wildman–Crippen MR) is 84.6 cm³/mol. The lowest BCUT2D eigenvalue weighted by Gasteiger charge is -2.08. The van der Waals surface area contributed by atoms with Crippen molar-refractivity contribution in [3.63, 3.8) is 0 Å². The molecule has 0 aliphatic rings. The van der Waals surface area contributed by atoms with Crippen molar-refractivity contribution in [2.75, 3.05) is 11.1 Å². The molecular formula is C14H17N5S. The number of benzene rings is 1. The maximum Gasteiger partial charge on any atom is 0.0907 e. The molecule has 0 fully saturated rings. The third kappa shape index (κ3) is 2.22. The summed E-state index contributed by atoms with van der Waals surface area (Å²) in [7, 11) is 1.92. The number of fused-ring (bicyclic) bond motifs is 1. The molecule has 0 radical (unpaired) electrons. The fraction of sp³-hybridized carbons (Fsp3) is 0.286. The molecule has 0 spiro atoms. The number of nitrogens with zero attached hydrogens (tertiary/aromatic N) is 3. The summed E-state index contributed by atoms with van der Waals surface area (Å²) >= 11 is 1.66. The smallest absolute Gasteiger partial charge is 0.0907 e. The molecule has 2 aromatic heterocycles. The van der Waals surface area contributed by atoms with Crippen LogP contribution < -0.4 is 11.1 Å². The van der Waals surface area contributed by atoms with E-state index in [9.17, 15) is 0 Å². The van der Waals surface area contributed by atoms with Crippen LogP contribution in [0.15, 0.2) is 18.3 Å². The van der Waals surface area contributed by atoms with Gasteiger partial charge in [-0.3, -0.25) is 4.68 Å². The van der Waals surface area contributed by atoms with Gasteiger partial charge in [-0.1, -0.05) is 6.92 Å². The average Bonchev–Trinajstić information content (AvgIpc) is 2.91. The Hall–Kier alpha value is -2.08. The molecule has 0 unspecified atom stereocenters. The summed E-state index contributed by atoms with van der Waals surface area (Å²) in [5.74, 6) is 0. The van der Waals surface area contributed by atoms with E-state index >= 15 is 0 Å². The third-order valence-corrected chi connectivity index (χ3v) is 4.11. The fourth-order valence-corrected chi connectivity index (χ4v) is 3.12. The van der Waals surface area contributed by atoms with Crippen molar-refractivity contribution in [2.24, 2.45) is 7.05 Å². The summed E-state index contributed by atoms with van der Waals surface area (Å²) in [6.07, 6.45) is 2.84. The molecule has 104 valence electrons. The Morgan fingerprint density at radius 2 is 2.15 bits per heavy atom. The van der Waals surface area contributed by atoms with Crippen molar-refractivity contribution in [1.29, 1.82) is 0 Å². The normalized spacial score (nSPS) is 11.2. The number of hydrogen-bond donors (Lipinski definition) is 2. The highest BCUT2D eigenvalue weighted by Gasteiger charge is 2.10. The summed E-state index contributed by atoms with van der Waals surface area (Å²) in [4.78, 5) is 4.51. The predicted octanol–water partition coefficient (Wildman–Crippen LogP) is 3.23. The van der Waals surface area contributed by atoms with E-state index in [0.29, 0.717) is 0 Å². The van der Waals surface area contributed by atoms with Gasteiger partial charge in [0.1, 0.15) is 0 Å². The molecule has 5 nitrogen and oxygen atoms in total. The van der Waals surface area contributed by atoms with Crippen LogP contribution in [0.2, 0.25) is 0 Å². The number of thiazole rings is 1. The Balaban J connectivity index is 2.03. The van der Waals surface area contributed by atoms with E-state index in [1.54, 1.807) is 11.3 Å². The standard InChI is InChI=1S/C14H17N5S/c1-4-10-13(7-19(3)18-10)17-11-6-12-14(5-9(11)15)20-8(2)16-12/h5-7,17H,4,15H2,1-3H3. The maximum atomic E-state index is 6.13. The molecule has 2 heterocycles. The van der Waals surface area contributed by atoms with Crippen LogP contribution >= 0.6 is 11.3 Å². The molecule has 0 amide bonds. The van der Waals surface area contributed by atoms with Crippen LogP contribution in [-0.2, 0) is 13.5 Å². The highest BCUT2D eigenvalue weighted by molar-refractivity contribution is 7.18. The van der Waals surface area contributed by atoms with Gasteiger partial charge in [-0.2, -0.15) is 5.10 Å². The van der Waals surface area contributed by atoms with E-state index in [4.69, 9.17) is 5.73 Å².